The van der Waals surface area contributed by atoms with Gasteiger partial charge in [0.2, 0.25) is 0 Å². The predicted octanol–water partition coefficient (Wildman–Crippen LogP) is 1.94. The highest BCUT2D eigenvalue weighted by atomic mass is 32.2. The first-order valence-electron chi connectivity index (χ1n) is 5.80. The molecule has 0 N–H and O–H groups in total. The fourth-order valence-corrected chi connectivity index (χ4v) is 4.69. The summed E-state index contributed by atoms with van der Waals surface area (Å²) in [5, 5.41) is 1.79. The summed E-state index contributed by atoms with van der Waals surface area (Å²) in [6, 6.07) is 3.42. The largest absolute Gasteiger partial charge is 0.377 e. The number of nitrogens with zero attached hydrogens (tertiary/aromatic N) is 1. The first-order chi connectivity index (χ1) is 8.14. The number of rotatable bonds is 4. The van der Waals surface area contributed by atoms with E-state index in [4.69, 9.17) is 4.74 Å². The van der Waals surface area contributed by atoms with Crippen LogP contribution in [0.2, 0.25) is 0 Å². The summed E-state index contributed by atoms with van der Waals surface area (Å²) < 4.78 is 32.1. The zero-order chi connectivity index (χ0) is 12.3. The quantitative estimate of drug-likeness (QED) is 0.843. The molecule has 0 bridgehead atoms. The lowest BCUT2D eigenvalue weighted by molar-refractivity contribution is 0.0265. The summed E-state index contributed by atoms with van der Waals surface area (Å²) in [4.78, 5) is 0. The van der Waals surface area contributed by atoms with E-state index >= 15 is 0 Å². The summed E-state index contributed by atoms with van der Waals surface area (Å²) >= 11 is 1.27. The van der Waals surface area contributed by atoms with Crippen LogP contribution in [0.5, 0.6) is 0 Å². The second-order valence-electron chi connectivity index (χ2n) is 4.01. The van der Waals surface area contributed by atoms with Gasteiger partial charge in [0.05, 0.1) is 6.10 Å². The first kappa shape index (κ1) is 13.0. The molecule has 6 heteroatoms. The highest BCUT2D eigenvalue weighted by Crippen LogP contribution is 2.24. The van der Waals surface area contributed by atoms with Gasteiger partial charge in [-0.3, -0.25) is 0 Å². The third-order valence-corrected chi connectivity index (χ3v) is 6.07. The second kappa shape index (κ2) is 5.48. The second-order valence-corrected chi connectivity index (χ2v) is 7.13. The third-order valence-electron chi connectivity index (χ3n) is 2.83. The van der Waals surface area contributed by atoms with Gasteiger partial charge in [-0.2, -0.15) is 4.31 Å². The monoisotopic (exact) mass is 275 g/mol. The fraction of sp³-hybridized carbons (Fsp3) is 0.636. The third kappa shape index (κ3) is 2.88. The molecule has 0 spiro atoms. The smallest absolute Gasteiger partial charge is 0.252 e. The molecule has 2 heterocycles. The van der Waals surface area contributed by atoms with E-state index in [0.29, 0.717) is 23.9 Å². The molecule has 0 aliphatic carbocycles. The maximum Gasteiger partial charge on any atom is 0.252 e. The van der Waals surface area contributed by atoms with Crippen molar-refractivity contribution < 1.29 is 13.2 Å². The van der Waals surface area contributed by atoms with Crippen molar-refractivity contribution in [2.24, 2.45) is 0 Å². The van der Waals surface area contributed by atoms with Crippen LogP contribution in [-0.4, -0.2) is 38.5 Å². The number of hydrogen-bond acceptors (Lipinski definition) is 4. The Morgan fingerprint density at radius 3 is 3.06 bits per heavy atom. The van der Waals surface area contributed by atoms with Crippen LogP contribution in [0.3, 0.4) is 0 Å². The molecule has 1 fully saturated rings. The Kier molecular flexibility index (Phi) is 4.19. The highest BCUT2D eigenvalue weighted by molar-refractivity contribution is 7.91. The molecule has 1 unspecified atom stereocenters. The highest BCUT2D eigenvalue weighted by Gasteiger charge is 2.30. The van der Waals surface area contributed by atoms with Gasteiger partial charge in [0.25, 0.3) is 10.0 Å². The van der Waals surface area contributed by atoms with Crippen LogP contribution in [0, 0.1) is 0 Å². The molecule has 1 atom stereocenters. The molecule has 96 valence electrons. The van der Waals surface area contributed by atoms with Crippen LogP contribution in [0.25, 0.3) is 0 Å². The molecule has 1 aliphatic rings. The molecule has 1 aromatic heterocycles. The fourth-order valence-electron chi connectivity index (χ4n) is 2.03. The van der Waals surface area contributed by atoms with E-state index in [1.165, 1.54) is 11.3 Å². The number of ether oxygens (including phenoxy) is 1. The van der Waals surface area contributed by atoms with E-state index in [1.807, 2.05) is 6.92 Å². The minimum Gasteiger partial charge on any atom is -0.377 e. The van der Waals surface area contributed by atoms with Crippen molar-refractivity contribution in [3.05, 3.63) is 17.5 Å². The van der Waals surface area contributed by atoms with Crippen molar-refractivity contribution >= 4 is 21.4 Å². The standard InChI is InChI=1S/C11H17NO3S2/c1-2-15-10-5-3-7-12(9-10)17(13,14)11-6-4-8-16-11/h4,6,8,10H,2-3,5,7,9H2,1H3. The molecule has 1 saturated heterocycles. The molecule has 0 amide bonds. The molecule has 17 heavy (non-hydrogen) atoms. The maximum absolute atomic E-state index is 12.3. The van der Waals surface area contributed by atoms with E-state index < -0.39 is 10.0 Å². The zero-order valence-electron chi connectivity index (χ0n) is 9.83. The van der Waals surface area contributed by atoms with Gasteiger partial charge in [0, 0.05) is 19.7 Å². The van der Waals surface area contributed by atoms with Gasteiger partial charge >= 0.3 is 0 Å². The van der Waals surface area contributed by atoms with E-state index in [0.717, 1.165) is 12.8 Å². The van der Waals surface area contributed by atoms with E-state index in [1.54, 1.807) is 21.8 Å². The molecule has 1 aromatic rings. The van der Waals surface area contributed by atoms with Crippen molar-refractivity contribution in [2.75, 3.05) is 19.7 Å². The van der Waals surface area contributed by atoms with Gasteiger partial charge in [-0.05, 0) is 31.2 Å². The SMILES string of the molecule is CCOC1CCCN(S(=O)(=O)c2cccs2)C1. The minimum atomic E-state index is -3.30. The topological polar surface area (TPSA) is 46.6 Å². The number of piperidine rings is 1. The molecule has 0 radical (unpaired) electrons. The Labute approximate surface area is 106 Å². The number of hydrogen-bond donors (Lipinski definition) is 0. The lowest BCUT2D eigenvalue weighted by Crippen LogP contribution is -2.42. The van der Waals surface area contributed by atoms with Gasteiger partial charge in [-0.25, -0.2) is 8.42 Å². The van der Waals surface area contributed by atoms with Crippen LogP contribution >= 0.6 is 11.3 Å². The molecule has 2 rings (SSSR count). The lowest BCUT2D eigenvalue weighted by Gasteiger charge is -2.31. The van der Waals surface area contributed by atoms with Gasteiger partial charge in [0.15, 0.2) is 0 Å². The Balaban J connectivity index is 2.12. The Bertz CT molecular complexity index is 439. The van der Waals surface area contributed by atoms with Crippen LogP contribution in [-0.2, 0) is 14.8 Å². The maximum atomic E-state index is 12.3. The first-order valence-corrected chi connectivity index (χ1v) is 8.12. The van der Waals surface area contributed by atoms with E-state index in [-0.39, 0.29) is 6.10 Å². The minimum absolute atomic E-state index is 0.0449. The van der Waals surface area contributed by atoms with Crippen LogP contribution in [0.1, 0.15) is 19.8 Å². The summed E-state index contributed by atoms with van der Waals surface area (Å²) in [7, 11) is -3.30. The summed E-state index contributed by atoms with van der Waals surface area (Å²) in [5.41, 5.74) is 0. The Hall–Kier alpha value is -0.430. The lowest BCUT2D eigenvalue weighted by atomic mass is 10.1. The van der Waals surface area contributed by atoms with Crippen molar-refractivity contribution in [3.8, 4) is 0 Å². The average molecular weight is 275 g/mol. The molecular weight excluding hydrogens is 258 g/mol. The van der Waals surface area contributed by atoms with Gasteiger partial charge in [-0.1, -0.05) is 6.07 Å². The van der Waals surface area contributed by atoms with Crippen molar-refractivity contribution in [2.45, 2.75) is 30.1 Å². The molecule has 4 nitrogen and oxygen atoms in total. The zero-order valence-corrected chi connectivity index (χ0v) is 11.5. The summed E-state index contributed by atoms with van der Waals surface area (Å²) in [6.07, 6.45) is 1.86. The van der Waals surface area contributed by atoms with Crippen LogP contribution in [0.15, 0.2) is 21.7 Å². The molecule has 0 saturated carbocycles. The van der Waals surface area contributed by atoms with Gasteiger partial charge < -0.3 is 4.74 Å². The van der Waals surface area contributed by atoms with Gasteiger partial charge in [-0.15, -0.1) is 11.3 Å². The van der Waals surface area contributed by atoms with Crippen molar-refractivity contribution in [1.82, 2.24) is 4.31 Å². The average Bonchev–Trinajstić information content (AvgIpc) is 2.84. The summed E-state index contributed by atoms with van der Waals surface area (Å²) in [6.45, 7) is 3.65. The Morgan fingerprint density at radius 1 is 1.59 bits per heavy atom. The van der Waals surface area contributed by atoms with E-state index in [9.17, 15) is 8.42 Å². The molecule has 0 aromatic carbocycles. The number of sulfonamides is 1. The Morgan fingerprint density at radius 2 is 2.41 bits per heavy atom. The number of thiophene rings is 1. The molecular formula is C11H17NO3S2. The normalized spacial score (nSPS) is 22.8. The van der Waals surface area contributed by atoms with Crippen molar-refractivity contribution in [1.29, 1.82) is 0 Å². The van der Waals surface area contributed by atoms with E-state index in [2.05, 4.69) is 0 Å². The van der Waals surface area contributed by atoms with Crippen LogP contribution in [0.4, 0.5) is 0 Å². The summed E-state index contributed by atoms with van der Waals surface area (Å²) in [5.74, 6) is 0. The molecule has 1 aliphatic heterocycles. The van der Waals surface area contributed by atoms with Crippen molar-refractivity contribution in [3.63, 3.8) is 0 Å². The van der Waals surface area contributed by atoms with Gasteiger partial charge in [0.1, 0.15) is 4.21 Å². The predicted molar refractivity (Wildman–Crippen MR) is 67.7 cm³/mol. The van der Waals surface area contributed by atoms with Crippen LogP contribution < -0.4 is 0 Å².